The summed E-state index contributed by atoms with van der Waals surface area (Å²) in [5, 5.41) is 9.97. The molecule has 3 N–H and O–H groups in total. The smallest absolute Gasteiger partial charge is 0.306 e. The van der Waals surface area contributed by atoms with Crippen molar-refractivity contribution in [3.8, 4) is 28.9 Å². The summed E-state index contributed by atoms with van der Waals surface area (Å²) < 4.78 is 18.9. The summed E-state index contributed by atoms with van der Waals surface area (Å²) in [5.74, 6) is 2.79. The molecule has 7 heteroatoms. The molecule has 0 radical (unpaired) electrons. The van der Waals surface area contributed by atoms with Crippen molar-refractivity contribution >= 4 is 5.82 Å². The standard InChI is InChI=1S/C23H25N3O4/c1-4-5-10-26-13-25-23-21(22(26)24)20(16-8-7-15(27)12-18(16)30-23)14-6-9-17(28-2)19(11-14)29-3/h6-9,11-13,20,24,27H,4-5,10H2,1-3H3/p+1/t20-/m0/s1. The summed E-state index contributed by atoms with van der Waals surface area (Å²) in [5.41, 5.74) is 9.29. The van der Waals surface area contributed by atoms with Crippen LogP contribution in [-0.4, -0.2) is 24.3 Å². The van der Waals surface area contributed by atoms with E-state index in [1.165, 1.54) is 0 Å². The summed E-state index contributed by atoms with van der Waals surface area (Å²) in [6.45, 7) is 2.92. The number of fused-ring (bicyclic) bond motifs is 2. The molecule has 0 bridgehead atoms. The number of nitrogens with zero attached hydrogens (tertiary/aromatic N) is 2. The summed E-state index contributed by atoms with van der Waals surface area (Å²) in [4.78, 5) is 4.54. The van der Waals surface area contributed by atoms with Gasteiger partial charge in [0, 0.05) is 11.6 Å². The maximum atomic E-state index is 9.97. The lowest BCUT2D eigenvalue weighted by atomic mass is 9.83. The Morgan fingerprint density at radius 3 is 2.67 bits per heavy atom. The number of phenols is 1. The van der Waals surface area contributed by atoms with Gasteiger partial charge in [-0.25, -0.2) is 4.57 Å². The Hall–Kier alpha value is -3.48. The number of aryl methyl sites for hydroxylation is 1. The van der Waals surface area contributed by atoms with Crippen molar-refractivity contribution in [2.24, 2.45) is 0 Å². The molecular formula is C23H26N3O4+. The molecule has 7 nitrogen and oxygen atoms in total. The third kappa shape index (κ3) is 3.36. The third-order valence-electron chi connectivity index (χ3n) is 5.43. The molecule has 1 aliphatic rings. The van der Waals surface area contributed by atoms with Crippen LogP contribution in [0.1, 0.15) is 42.4 Å². The van der Waals surface area contributed by atoms with Gasteiger partial charge in [-0.2, -0.15) is 0 Å². The highest BCUT2D eigenvalue weighted by Crippen LogP contribution is 2.49. The van der Waals surface area contributed by atoms with Crippen LogP contribution in [0, 0.1) is 0 Å². The molecule has 0 spiro atoms. The lowest BCUT2D eigenvalue weighted by Gasteiger charge is -2.27. The van der Waals surface area contributed by atoms with E-state index >= 15 is 0 Å². The van der Waals surface area contributed by atoms with Crippen LogP contribution in [0.3, 0.4) is 0 Å². The highest BCUT2D eigenvalue weighted by atomic mass is 16.5. The molecule has 156 valence electrons. The highest BCUT2D eigenvalue weighted by molar-refractivity contribution is 5.63. The van der Waals surface area contributed by atoms with Gasteiger partial charge in [0.05, 0.1) is 26.7 Å². The molecule has 0 amide bonds. The van der Waals surface area contributed by atoms with Crippen molar-refractivity contribution in [2.75, 3.05) is 20.0 Å². The van der Waals surface area contributed by atoms with Gasteiger partial charge < -0.3 is 25.1 Å². The predicted molar refractivity (Wildman–Crippen MR) is 112 cm³/mol. The van der Waals surface area contributed by atoms with Crippen LogP contribution < -0.4 is 24.5 Å². The van der Waals surface area contributed by atoms with Crippen LogP contribution in [0.2, 0.25) is 0 Å². The highest BCUT2D eigenvalue weighted by Gasteiger charge is 2.36. The number of rotatable bonds is 6. The number of methoxy groups -OCH3 is 2. The number of ether oxygens (including phenoxy) is 3. The third-order valence-corrected chi connectivity index (χ3v) is 5.43. The first kappa shape index (κ1) is 19.8. The van der Waals surface area contributed by atoms with E-state index in [4.69, 9.17) is 19.9 Å². The van der Waals surface area contributed by atoms with Crippen molar-refractivity contribution < 1.29 is 23.9 Å². The number of benzene rings is 2. The van der Waals surface area contributed by atoms with Gasteiger partial charge in [0.25, 0.3) is 0 Å². The van der Waals surface area contributed by atoms with Gasteiger partial charge in [0.15, 0.2) is 11.5 Å². The van der Waals surface area contributed by atoms with E-state index in [0.717, 1.165) is 36.1 Å². The molecule has 2 aromatic carbocycles. The van der Waals surface area contributed by atoms with Crippen molar-refractivity contribution in [3.05, 3.63) is 59.4 Å². The number of nitrogen functional groups attached to an aromatic ring is 1. The maximum Gasteiger partial charge on any atom is 0.306 e. The van der Waals surface area contributed by atoms with Gasteiger partial charge >= 0.3 is 5.88 Å². The average molecular weight is 408 g/mol. The van der Waals surface area contributed by atoms with E-state index in [2.05, 4.69) is 11.9 Å². The Balaban J connectivity index is 1.93. The van der Waals surface area contributed by atoms with Crippen LogP contribution in [0.5, 0.6) is 28.9 Å². The van der Waals surface area contributed by atoms with Crippen LogP contribution >= 0.6 is 0 Å². The molecule has 30 heavy (non-hydrogen) atoms. The van der Waals surface area contributed by atoms with Gasteiger partial charge in [0.2, 0.25) is 12.1 Å². The topological polar surface area (TPSA) is 90.7 Å². The summed E-state index contributed by atoms with van der Waals surface area (Å²) in [7, 11) is 3.22. The molecule has 4 rings (SSSR count). The van der Waals surface area contributed by atoms with E-state index in [1.807, 2.05) is 28.8 Å². The molecule has 3 aromatic rings. The fraction of sp³-hybridized carbons (Fsp3) is 0.304. The Labute approximate surface area is 175 Å². The normalized spacial score (nSPS) is 14.4. The number of hydrogen-bond acceptors (Lipinski definition) is 6. The van der Waals surface area contributed by atoms with E-state index in [0.29, 0.717) is 28.9 Å². The minimum Gasteiger partial charge on any atom is -0.508 e. The minimum absolute atomic E-state index is 0.130. The van der Waals surface area contributed by atoms with Crippen LogP contribution in [0.25, 0.3) is 0 Å². The van der Waals surface area contributed by atoms with Gasteiger partial charge in [-0.15, -0.1) is 0 Å². The van der Waals surface area contributed by atoms with Crippen LogP contribution in [-0.2, 0) is 6.54 Å². The van der Waals surface area contributed by atoms with Crippen LogP contribution in [0.4, 0.5) is 5.82 Å². The summed E-state index contributed by atoms with van der Waals surface area (Å²) in [6.07, 6.45) is 3.77. The molecule has 0 fully saturated rings. The van der Waals surface area contributed by atoms with E-state index < -0.39 is 0 Å². The Bertz CT molecular complexity index is 1080. The van der Waals surface area contributed by atoms with Crippen LogP contribution in [0.15, 0.2) is 42.7 Å². The number of nitrogens with two attached hydrogens (primary N) is 1. The molecule has 1 atom stereocenters. The second-order valence-electron chi connectivity index (χ2n) is 7.27. The number of anilines is 1. The van der Waals surface area contributed by atoms with Crippen molar-refractivity contribution in [3.63, 3.8) is 0 Å². The van der Waals surface area contributed by atoms with Gasteiger partial charge in [-0.1, -0.05) is 30.5 Å². The Morgan fingerprint density at radius 1 is 1.13 bits per heavy atom. The van der Waals surface area contributed by atoms with E-state index in [9.17, 15) is 5.11 Å². The first-order chi connectivity index (χ1) is 14.6. The monoisotopic (exact) mass is 408 g/mol. The van der Waals surface area contributed by atoms with Crippen molar-refractivity contribution in [1.82, 2.24) is 4.98 Å². The molecule has 1 aliphatic heterocycles. The van der Waals surface area contributed by atoms with Gasteiger partial charge in [0.1, 0.15) is 17.1 Å². The van der Waals surface area contributed by atoms with Crippen molar-refractivity contribution in [2.45, 2.75) is 32.2 Å². The van der Waals surface area contributed by atoms with Gasteiger partial charge in [-0.3, -0.25) is 0 Å². The molecule has 0 unspecified atom stereocenters. The Morgan fingerprint density at radius 2 is 1.93 bits per heavy atom. The maximum absolute atomic E-state index is 9.97. The molecule has 1 aromatic heterocycles. The lowest BCUT2D eigenvalue weighted by molar-refractivity contribution is -0.686. The zero-order valence-corrected chi connectivity index (χ0v) is 17.4. The second-order valence-corrected chi connectivity index (χ2v) is 7.27. The molecule has 2 heterocycles. The number of aromatic nitrogens is 2. The van der Waals surface area contributed by atoms with E-state index in [1.54, 1.807) is 32.7 Å². The largest absolute Gasteiger partial charge is 0.508 e. The lowest BCUT2D eigenvalue weighted by Crippen LogP contribution is -2.39. The summed E-state index contributed by atoms with van der Waals surface area (Å²) in [6, 6.07) is 10.9. The predicted octanol–water partition coefficient (Wildman–Crippen LogP) is 3.76. The Kier molecular flexibility index (Phi) is 5.35. The first-order valence-electron chi connectivity index (χ1n) is 9.97. The zero-order valence-electron chi connectivity index (χ0n) is 17.4. The van der Waals surface area contributed by atoms with E-state index in [-0.39, 0.29) is 11.7 Å². The SMILES string of the molecule is CCCC[n+]1cnc2c(c1N)[C@@H](c1ccc(OC)c(OC)c1)c1ccc(O)cc1O2. The summed E-state index contributed by atoms with van der Waals surface area (Å²) >= 11 is 0. The quantitative estimate of drug-likeness (QED) is 0.472. The molecular weight excluding hydrogens is 382 g/mol. The fourth-order valence-corrected chi connectivity index (χ4v) is 3.87. The molecule has 0 saturated heterocycles. The molecule has 0 saturated carbocycles. The number of aromatic hydroxyl groups is 1. The molecule has 0 aliphatic carbocycles. The van der Waals surface area contributed by atoms with Crippen molar-refractivity contribution in [1.29, 1.82) is 0 Å². The number of phenolic OH excluding ortho intramolecular Hbond substituents is 1. The van der Waals surface area contributed by atoms with Gasteiger partial charge in [-0.05, 0) is 30.2 Å². The second kappa shape index (κ2) is 8.10. The fourth-order valence-electron chi connectivity index (χ4n) is 3.87. The minimum atomic E-state index is -0.231. The number of unbranched alkanes of at least 4 members (excludes halogenated alkanes) is 1. The first-order valence-corrected chi connectivity index (χ1v) is 9.97. The zero-order chi connectivity index (χ0) is 21.3. The number of hydrogen-bond donors (Lipinski definition) is 2. The average Bonchev–Trinajstić information content (AvgIpc) is 2.76.